The van der Waals surface area contributed by atoms with Crippen LogP contribution in [-0.2, 0) is 11.2 Å². The molecule has 84 valence electrons. The molecule has 0 aliphatic carbocycles. The Bertz CT molecular complexity index is 450. The molecule has 1 aromatic rings. The summed E-state index contributed by atoms with van der Waals surface area (Å²) in [7, 11) is 1.37. The Balaban J connectivity index is 2.34. The van der Waals surface area contributed by atoms with Crippen LogP contribution in [0.2, 0.25) is 0 Å². The van der Waals surface area contributed by atoms with Gasteiger partial charge in [-0.3, -0.25) is 0 Å². The Kier molecular flexibility index (Phi) is 2.46. The third-order valence-corrected chi connectivity index (χ3v) is 2.80. The van der Waals surface area contributed by atoms with Crippen molar-refractivity contribution >= 4 is 5.97 Å². The highest BCUT2D eigenvalue weighted by molar-refractivity contribution is 5.90. The summed E-state index contributed by atoms with van der Waals surface area (Å²) >= 11 is 0. The van der Waals surface area contributed by atoms with Gasteiger partial charge in [0.25, 0.3) is 0 Å². The third-order valence-electron chi connectivity index (χ3n) is 2.80. The highest BCUT2D eigenvalue weighted by Crippen LogP contribution is 2.36. The van der Waals surface area contributed by atoms with E-state index in [0.29, 0.717) is 5.56 Å². The molecule has 0 saturated carbocycles. The minimum absolute atomic E-state index is 0.349. The monoisotopic (exact) mass is 218 g/mol. The van der Waals surface area contributed by atoms with Crippen LogP contribution in [0, 0.1) is 0 Å². The molecule has 0 saturated heterocycles. The van der Waals surface area contributed by atoms with Crippen molar-refractivity contribution in [3.63, 3.8) is 0 Å². The van der Waals surface area contributed by atoms with E-state index in [1.807, 2.05) is 13.0 Å². The molecule has 0 amide bonds. The van der Waals surface area contributed by atoms with E-state index in [9.17, 15) is 4.79 Å². The summed E-state index contributed by atoms with van der Waals surface area (Å²) in [6, 6.07) is 5.37. The van der Waals surface area contributed by atoms with Gasteiger partial charge in [0.2, 0.25) is 0 Å². The largest absolute Gasteiger partial charge is 0.483 e. The van der Waals surface area contributed by atoms with Crippen LogP contribution >= 0.6 is 0 Å². The Labute approximate surface area is 94.7 Å². The lowest BCUT2D eigenvalue weighted by Crippen LogP contribution is -2.26. The zero-order valence-electron chi connectivity index (χ0n) is 9.45. The second kappa shape index (κ2) is 3.67. The molecule has 1 heterocycles. The minimum atomic E-state index is -0.364. The van der Waals surface area contributed by atoms with Gasteiger partial charge in [-0.1, -0.05) is 12.6 Å². The Morgan fingerprint density at radius 1 is 1.62 bits per heavy atom. The number of carbonyl (C=O) groups is 1. The van der Waals surface area contributed by atoms with Crippen molar-refractivity contribution < 1.29 is 14.3 Å². The van der Waals surface area contributed by atoms with Crippen LogP contribution in [0.4, 0.5) is 0 Å². The smallest absolute Gasteiger partial charge is 0.337 e. The van der Waals surface area contributed by atoms with Crippen molar-refractivity contribution in [2.24, 2.45) is 0 Å². The molecule has 0 radical (unpaired) electrons. The molecule has 16 heavy (non-hydrogen) atoms. The molecule has 0 spiro atoms. The maximum Gasteiger partial charge on any atom is 0.337 e. The average molecular weight is 218 g/mol. The molecule has 3 heteroatoms. The SMILES string of the molecule is C=CC1(C)Cc2ccc(C(=O)OC)cc2O1. The fraction of sp³-hybridized carbons (Fsp3) is 0.308. The average Bonchev–Trinajstić information content (AvgIpc) is 2.64. The molecule has 0 aromatic heterocycles. The van der Waals surface area contributed by atoms with Crippen molar-refractivity contribution in [3.8, 4) is 5.75 Å². The predicted octanol–water partition coefficient (Wildman–Crippen LogP) is 2.35. The predicted molar refractivity (Wildman–Crippen MR) is 60.7 cm³/mol. The van der Waals surface area contributed by atoms with E-state index >= 15 is 0 Å². The number of hydrogen-bond acceptors (Lipinski definition) is 3. The molecule has 1 atom stereocenters. The van der Waals surface area contributed by atoms with E-state index in [4.69, 9.17) is 4.74 Å². The van der Waals surface area contributed by atoms with Crippen LogP contribution in [0.25, 0.3) is 0 Å². The molecule has 1 aromatic carbocycles. The normalized spacial score (nSPS) is 22.1. The van der Waals surface area contributed by atoms with E-state index in [0.717, 1.165) is 17.7 Å². The van der Waals surface area contributed by atoms with E-state index in [1.54, 1.807) is 18.2 Å². The molecular weight excluding hydrogens is 204 g/mol. The van der Waals surface area contributed by atoms with Crippen LogP contribution in [-0.4, -0.2) is 18.7 Å². The van der Waals surface area contributed by atoms with Gasteiger partial charge in [0.15, 0.2) is 0 Å². The van der Waals surface area contributed by atoms with Crippen LogP contribution in [0.15, 0.2) is 30.9 Å². The van der Waals surface area contributed by atoms with Gasteiger partial charge in [0, 0.05) is 6.42 Å². The van der Waals surface area contributed by atoms with Gasteiger partial charge in [-0.2, -0.15) is 0 Å². The number of esters is 1. The first-order valence-corrected chi connectivity index (χ1v) is 5.12. The van der Waals surface area contributed by atoms with E-state index in [2.05, 4.69) is 11.3 Å². The second-order valence-electron chi connectivity index (χ2n) is 4.11. The first-order chi connectivity index (χ1) is 7.58. The van der Waals surface area contributed by atoms with Crippen molar-refractivity contribution in [1.29, 1.82) is 0 Å². The number of fused-ring (bicyclic) bond motifs is 1. The zero-order valence-corrected chi connectivity index (χ0v) is 9.45. The van der Waals surface area contributed by atoms with Gasteiger partial charge >= 0.3 is 5.97 Å². The summed E-state index contributed by atoms with van der Waals surface area (Å²) < 4.78 is 10.4. The Hall–Kier alpha value is -1.77. The van der Waals surface area contributed by atoms with Gasteiger partial charge in [-0.25, -0.2) is 4.79 Å². The van der Waals surface area contributed by atoms with E-state index in [-0.39, 0.29) is 11.6 Å². The maximum atomic E-state index is 11.3. The second-order valence-corrected chi connectivity index (χ2v) is 4.11. The topological polar surface area (TPSA) is 35.5 Å². The molecule has 3 nitrogen and oxygen atoms in total. The van der Waals surface area contributed by atoms with Crippen molar-refractivity contribution in [2.45, 2.75) is 18.9 Å². The molecule has 1 aliphatic rings. The minimum Gasteiger partial charge on any atom is -0.483 e. The highest BCUT2D eigenvalue weighted by Gasteiger charge is 2.32. The highest BCUT2D eigenvalue weighted by atomic mass is 16.5. The Morgan fingerprint density at radius 2 is 2.38 bits per heavy atom. The third kappa shape index (κ3) is 1.69. The molecular formula is C13H14O3. The van der Waals surface area contributed by atoms with Crippen LogP contribution in [0.3, 0.4) is 0 Å². The number of carbonyl (C=O) groups excluding carboxylic acids is 1. The molecule has 2 rings (SSSR count). The Morgan fingerprint density at radius 3 is 3.00 bits per heavy atom. The first kappa shape index (κ1) is 10.7. The lowest BCUT2D eigenvalue weighted by atomic mass is 9.99. The van der Waals surface area contributed by atoms with Crippen LogP contribution in [0.5, 0.6) is 5.75 Å². The fourth-order valence-electron chi connectivity index (χ4n) is 1.82. The van der Waals surface area contributed by atoms with E-state index in [1.165, 1.54) is 7.11 Å². The summed E-state index contributed by atoms with van der Waals surface area (Å²) in [5.74, 6) is 0.393. The number of hydrogen-bond donors (Lipinski definition) is 0. The zero-order chi connectivity index (χ0) is 11.8. The number of rotatable bonds is 2. The quantitative estimate of drug-likeness (QED) is 0.564. The summed E-state index contributed by atoms with van der Waals surface area (Å²) in [6.07, 6.45) is 2.57. The fourth-order valence-corrected chi connectivity index (χ4v) is 1.82. The maximum absolute atomic E-state index is 11.3. The van der Waals surface area contributed by atoms with Crippen molar-refractivity contribution in [1.82, 2.24) is 0 Å². The summed E-state index contributed by atoms with van der Waals surface area (Å²) in [5.41, 5.74) is 1.24. The number of benzene rings is 1. The van der Waals surface area contributed by atoms with Crippen molar-refractivity contribution in [3.05, 3.63) is 42.0 Å². The van der Waals surface area contributed by atoms with Gasteiger partial charge in [-0.15, -0.1) is 0 Å². The number of ether oxygens (including phenoxy) is 2. The lowest BCUT2D eigenvalue weighted by molar-refractivity contribution is 0.0600. The standard InChI is InChI=1S/C13H14O3/c1-4-13(2)8-10-6-5-9(12(14)15-3)7-11(10)16-13/h4-7H,1,8H2,2-3H3. The summed E-state index contributed by atoms with van der Waals surface area (Å²) in [6.45, 7) is 5.72. The summed E-state index contributed by atoms with van der Waals surface area (Å²) in [4.78, 5) is 11.3. The molecule has 0 fully saturated rings. The van der Waals surface area contributed by atoms with Gasteiger partial charge in [-0.05, 0) is 30.7 Å². The lowest BCUT2D eigenvalue weighted by Gasteiger charge is -2.18. The van der Waals surface area contributed by atoms with E-state index < -0.39 is 0 Å². The molecule has 1 unspecified atom stereocenters. The number of methoxy groups -OCH3 is 1. The van der Waals surface area contributed by atoms with Crippen LogP contribution < -0.4 is 4.74 Å². The molecule has 0 bridgehead atoms. The van der Waals surface area contributed by atoms with Gasteiger partial charge in [0.05, 0.1) is 12.7 Å². The molecule has 0 N–H and O–H groups in total. The molecule has 1 aliphatic heterocycles. The van der Waals surface area contributed by atoms with Crippen LogP contribution in [0.1, 0.15) is 22.8 Å². The summed E-state index contributed by atoms with van der Waals surface area (Å²) in [5, 5.41) is 0. The first-order valence-electron chi connectivity index (χ1n) is 5.12. The van der Waals surface area contributed by atoms with Gasteiger partial charge < -0.3 is 9.47 Å². The van der Waals surface area contributed by atoms with Crippen molar-refractivity contribution in [2.75, 3.05) is 7.11 Å². The van der Waals surface area contributed by atoms with Gasteiger partial charge in [0.1, 0.15) is 11.4 Å².